The van der Waals surface area contributed by atoms with Crippen LogP contribution in [-0.4, -0.2) is 40.8 Å². The highest BCUT2D eigenvalue weighted by atomic mass is 32.2. The van der Waals surface area contributed by atoms with Crippen molar-refractivity contribution in [2.45, 2.75) is 44.9 Å². The fraction of sp³-hybridized carbons (Fsp3) is 0.833. The molecule has 0 saturated heterocycles. The van der Waals surface area contributed by atoms with Gasteiger partial charge in [-0.2, -0.15) is 0 Å². The lowest BCUT2D eigenvalue weighted by Gasteiger charge is -2.25. The molecule has 0 aromatic heterocycles. The maximum Gasteiger partial charge on any atom is 0.309 e. The molecule has 0 amide bonds. The molecule has 0 radical (unpaired) electrons. The van der Waals surface area contributed by atoms with Crippen molar-refractivity contribution in [1.29, 1.82) is 0 Å². The molecule has 1 unspecified atom stereocenters. The molecule has 1 atom stereocenters. The molecule has 18 heavy (non-hydrogen) atoms. The normalized spacial score (nSPS) is 25.7. The summed E-state index contributed by atoms with van der Waals surface area (Å²) in [6.45, 7) is 1.50. The standard InChI is InChI=1S/C12H19FO4S/c1-8(14)18-7-9(12(15)16)6-17-11-4-2-10(13)3-5-11/h9-11H,2-7H2,1H3,(H,15,16). The summed E-state index contributed by atoms with van der Waals surface area (Å²) in [7, 11) is 0. The van der Waals surface area contributed by atoms with Crippen LogP contribution in [-0.2, 0) is 14.3 Å². The number of aliphatic carboxylic acids is 1. The largest absolute Gasteiger partial charge is 0.481 e. The van der Waals surface area contributed by atoms with Gasteiger partial charge in [0.15, 0.2) is 5.12 Å². The first-order valence-electron chi connectivity index (χ1n) is 6.11. The van der Waals surface area contributed by atoms with Crippen molar-refractivity contribution >= 4 is 22.8 Å². The van der Waals surface area contributed by atoms with Gasteiger partial charge in [-0.1, -0.05) is 11.8 Å². The van der Waals surface area contributed by atoms with E-state index >= 15 is 0 Å². The molecule has 1 saturated carbocycles. The summed E-state index contributed by atoms with van der Waals surface area (Å²) < 4.78 is 18.4. The molecular formula is C12H19FO4S. The van der Waals surface area contributed by atoms with E-state index in [2.05, 4.69) is 0 Å². The first-order valence-corrected chi connectivity index (χ1v) is 7.09. The second kappa shape index (κ2) is 7.74. The summed E-state index contributed by atoms with van der Waals surface area (Å²) in [5.41, 5.74) is 0. The highest BCUT2D eigenvalue weighted by Gasteiger charge is 2.24. The Balaban J connectivity index is 2.28. The van der Waals surface area contributed by atoms with Crippen LogP contribution in [0.2, 0.25) is 0 Å². The van der Waals surface area contributed by atoms with E-state index in [1.165, 1.54) is 6.92 Å². The van der Waals surface area contributed by atoms with Gasteiger partial charge >= 0.3 is 5.97 Å². The van der Waals surface area contributed by atoms with Gasteiger partial charge in [-0.05, 0) is 25.7 Å². The van der Waals surface area contributed by atoms with Crippen LogP contribution in [0, 0.1) is 5.92 Å². The van der Waals surface area contributed by atoms with E-state index in [0.717, 1.165) is 11.8 Å². The van der Waals surface area contributed by atoms with Gasteiger partial charge < -0.3 is 9.84 Å². The van der Waals surface area contributed by atoms with Crippen LogP contribution in [0.1, 0.15) is 32.6 Å². The number of rotatable bonds is 6. The number of hydrogen-bond acceptors (Lipinski definition) is 4. The van der Waals surface area contributed by atoms with Crippen LogP contribution in [0.4, 0.5) is 4.39 Å². The highest BCUT2D eigenvalue weighted by Crippen LogP contribution is 2.24. The Kier molecular flexibility index (Phi) is 6.63. The van der Waals surface area contributed by atoms with Crippen molar-refractivity contribution in [3.63, 3.8) is 0 Å². The first kappa shape index (κ1) is 15.4. The van der Waals surface area contributed by atoms with Crippen LogP contribution < -0.4 is 0 Å². The third-order valence-electron chi connectivity index (χ3n) is 2.97. The van der Waals surface area contributed by atoms with E-state index in [9.17, 15) is 14.0 Å². The maximum absolute atomic E-state index is 12.9. The molecule has 0 heterocycles. The van der Waals surface area contributed by atoms with Crippen LogP contribution in [0.5, 0.6) is 0 Å². The molecule has 1 rings (SSSR count). The monoisotopic (exact) mass is 278 g/mol. The van der Waals surface area contributed by atoms with E-state index in [1.54, 1.807) is 0 Å². The number of carbonyl (C=O) groups is 2. The molecule has 0 aliphatic heterocycles. The third-order valence-corrected chi connectivity index (χ3v) is 3.95. The number of carbonyl (C=O) groups excluding carboxylic acids is 1. The number of alkyl halides is 1. The molecule has 104 valence electrons. The van der Waals surface area contributed by atoms with Crippen molar-refractivity contribution in [2.75, 3.05) is 12.4 Å². The van der Waals surface area contributed by atoms with Gasteiger partial charge in [-0.15, -0.1) is 0 Å². The van der Waals surface area contributed by atoms with Crippen molar-refractivity contribution in [3.05, 3.63) is 0 Å². The lowest BCUT2D eigenvalue weighted by molar-refractivity contribution is -0.144. The highest BCUT2D eigenvalue weighted by molar-refractivity contribution is 8.13. The van der Waals surface area contributed by atoms with E-state index in [4.69, 9.17) is 9.84 Å². The smallest absolute Gasteiger partial charge is 0.309 e. The number of hydrogen-bond donors (Lipinski definition) is 1. The van der Waals surface area contributed by atoms with Gasteiger partial charge in [0.25, 0.3) is 0 Å². The fourth-order valence-corrected chi connectivity index (χ4v) is 2.52. The van der Waals surface area contributed by atoms with Gasteiger partial charge in [0.2, 0.25) is 0 Å². The maximum atomic E-state index is 12.9. The zero-order valence-corrected chi connectivity index (χ0v) is 11.2. The summed E-state index contributed by atoms with van der Waals surface area (Å²) in [6, 6.07) is 0. The van der Waals surface area contributed by atoms with E-state index < -0.39 is 18.1 Å². The molecule has 6 heteroatoms. The molecule has 0 aromatic carbocycles. The summed E-state index contributed by atoms with van der Waals surface area (Å²) in [5.74, 6) is -1.41. The second-order valence-electron chi connectivity index (χ2n) is 4.55. The predicted molar refractivity (Wildman–Crippen MR) is 67.4 cm³/mol. The van der Waals surface area contributed by atoms with E-state index in [0.29, 0.717) is 25.7 Å². The number of ether oxygens (including phenoxy) is 1. The Morgan fingerprint density at radius 3 is 2.50 bits per heavy atom. The van der Waals surface area contributed by atoms with Gasteiger partial charge in [-0.25, -0.2) is 4.39 Å². The Bertz CT molecular complexity index is 290. The zero-order chi connectivity index (χ0) is 13.5. The van der Waals surface area contributed by atoms with Crippen LogP contribution >= 0.6 is 11.8 Å². The van der Waals surface area contributed by atoms with Crippen LogP contribution in [0.25, 0.3) is 0 Å². The van der Waals surface area contributed by atoms with Gasteiger partial charge in [-0.3, -0.25) is 9.59 Å². The fourth-order valence-electron chi connectivity index (χ4n) is 1.85. The lowest BCUT2D eigenvalue weighted by atomic mass is 9.96. The van der Waals surface area contributed by atoms with Crippen molar-refractivity contribution in [3.8, 4) is 0 Å². The molecular weight excluding hydrogens is 259 g/mol. The molecule has 1 fully saturated rings. The van der Waals surface area contributed by atoms with Crippen molar-refractivity contribution in [1.82, 2.24) is 0 Å². The number of halogens is 1. The Morgan fingerprint density at radius 2 is 2.00 bits per heavy atom. The third kappa shape index (κ3) is 5.82. The topological polar surface area (TPSA) is 63.6 Å². The Morgan fingerprint density at radius 1 is 1.39 bits per heavy atom. The Hall–Kier alpha value is -0.620. The molecule has 0 spiro atoms. The van der Waals surface area contributed by atoms with Crippen LogP contribution in [0.15, 0.2) is 0 Å². The SMILES string of the molecule is CC(=O)SCC(COC1CCC(F)CC1)C(=O)O. The molecule has 1 N–H and O–H groups in total. The molecule has 4 nitrogen and oxygen atoms in total. The Labute approximate surface area is 110 Å². The summed E-state index contributed by atoms with van der Waals surface area (Å²) in [5, 5.41) is 8.90. The van der Waals surface area contributed by atoms with E-state index in [-0.39, 0.29) is 23.6 Å². The van der Waals surface area contributed by atoms with E-state index in [1.807, 2.05) is 0 Å². The molecule has 1 aliphatic rings. The lowest BCUT2D eigenvalue weighted by Crippen LogP contribution is -2.28. The van der Waals surface area contributed by atoms with Crippen molar-refractivity contribution < 1.29 is 23.8 Å². The molecule has 0 aromatic rings. The molecule has 1 aliphatic carbocycles. The summed E-state index contributed by atoms with van der Waals surface area (Å²) >= 11 is 0.995. The summed E-state index contributed by atoms with van der Waals surface area (Å²) in [6.07, 6.45) is 1.49. The summed E-state index contributed by atoms with van der Waals surface area (Å²) in [4.78, 5) is 21.8. The van der Waals surface area contributed by atoms with Gasteiger partial charge in [0.05, 0.1) is 18.6 Å². The first-order chi connectivity index (χ1) is 8.49. The minimum Gasteiger partial charge on any atom is -0.481 e. The zero-order valence-electron chi connectivity index (χ0n) is 10.4. The quantitative estimate of drug-likeness (QED) is 0.807. The predicted octanol–water partition coefficient (Wildman–Crippen LogP) is 2.26. The number of thioether (sulfide) groups is 1. The average Bonchev–Trinajstić information content (AvgIpc) is 2.30. The van der Waals surface area contributed by atoms with Gasteiger partial charge in [0, 0.05) is 12.7 Å². The number of carboxylic acids is 1. The minimum atomic E-state index is -0.956. The number of carboxylic acid groups (broad SMARTS) is 1. The second-order valence-corrected chi connectivity index (χ2v) is 5.74. The van der Waals surface area contributed by atoms with Gasteiger partial charge in [0.1, 0.15) is 6.17 Å². The van der Waals surface area contributed by atoms with Crippen LogP contribution in [0.3, 0.4) is 0 Å². The average molecular weight is 278 g/mol. The van der Waals surface area contributed by atoms with Crippen molar-refractivity contribution in [2.24, 2.45) is 5.92 Å². The molecule has 0 bridgehead atoms. The minimum absolute atomic E-state index is 0.0406.